The number of para-hydroxylation sites is 1. The Morgan fingerprint density at radius 2 is 1.51 bits per heavy atom. The Hall–Kier alpha value is -5.63. The van der Waals surface area contributed by atoms with E-state index in [9.17, 15) is 41.4 Å². The summed E-state index contributed by atoms with van der Waals surface area (Å²) in [5.74, 6) is -3.34. The van der Waals surface area contributed by atoms with Gasteiger partial charge in [0.1, 0.15) is 23.7 Å². The van der Waals surface area contributed by atoms with Gasteiger partial charge in [0.05, 0.1) is 10.9 Å². The number of rotatable bonds is 12. The Morgan fingerprint density at radius 1 is 0.873 bits per heavy atom. The summed E-state index contributed by atoms with van der Waals surface area (Å²) in [7, 11) is 0. The van der Waals surface area contributed by atoms with Gasteiger partial charge in [-0.2, -0.15) is 4.98 Å². The number of carboxylic acid groups (broad SMARTS) is 1. The van der Waals surface area contributed by atoms with E-state index < -0.39 is 35.1 Å². The summed E-state index contributed by atoms with van der Waals surface area (Å²) >= 11 is 0. The van der Waals surface area contributed by atoms with E-state index >= 15 is 0 Å². The molecule has 6 rings (SSSR count). The van der Waals surface area contributed by atoms with Crippen molar-refractivity contribution in [1.82, 2.24) is 19.4 Å². The first-order valence-corrected chi connectivity index (χ1v) is 17.7. The van der Waals surface area contributed by atoms with Gasteiger partial charge in [0.15, 0.2) is 11.6 Å². The number of carbonyl (C=O) groups excluding carboxylic acids is 1. The summed E-state index contributed by atoms with van der Waals surface area (Å²) in [4.78, 5) is 47.6. The summed E-state index contributed by atoms with van der Waals surface area (Å²) in [6.45, 7) is 4.09. The molecule has 2 heterocycles. The molecule has 1 aliphatic rings. The molecule has 14 heteroatoms. The third kappa shape index (κ3) is 9.02. The molecule has 288 valence electrons. The van der Waals surface area contributed by atoms with Crippen LogP contribution in [0.3, 0.4) is 0 Å². The second-order valence-corrected chi connectivity index (χ2v) is 14.0. The van der Waals surface area contributed by atoms with Crippen LogP contribution < -0.4 is 10.3 Å². The predicted octanol–water partition coefficient (Wildman–Crippen LogP) is 7.38. The van der Waals surface area contributed by atoms with Gasteiger partial charge in [0.2, 0.25) is 5.91 Å². The molecule has 1 N–H and O–H groups in total. The van der Waals surface area contributed by atoms with Gasteiger partial charge in [0, 0.05) is 32.1 Å². The lowest BCUT2D eigenvalue weighted by atomic mass is 9.95. The highest BCUT2D eigenvalue weighted by Crippen LogP contribution is 2.29. The first kappa shape index (κ1) is 39.1. The number of hydrogen-bond donors (Lipinski definition) is 1. The van der Waals surface area contributed by atoms with Gasteiger partial charge >= 0.3 is 12.3 Å². The van der Waals surface area contributed by atoms with Crippen molar-refractivity contribution in [3.05, 3.63) is 130 Å². The number of halogens is 5. The van der Waals surface area contributed by atoms with Crippen molar-refractivity contribution in [1.29, 1.82) is 0 Å². The third-order valence-electron chi connectivity index (χ3n) is 10.2. The maximum Gasteiger partial charge on any atom is 0.573 e. The normalized spacial score (nSPS) is 14.2. The predicted molar refractivity (Wildman–Crippen MR) is 195 cm³/mol. The van der Waals surface area contributed by atoms with Gasteiger partial charge in [-0.05, 0) is 85.7 Å². The molecular formula is C41H39F5N4O5. The molecule has 1 amide bonds. The van der Waals surface area contributed by atoms with Crippen molar-refractivity contribution in [2.45, 2.75) is 70.6 Å². The second-order valence-electron chi connectivity index (χ2n) is 14.0. The van der Waals surface area contributed by atoms with Gasteiger partial charge in [-0.3, -0.25) is 19.3 Å². The highest BCUT2D eigenvalue weighted by Gasteiger charge is 2.38. The first-order chi connectivity index (χ1) is 26.1. The summed E-state index contributed by atoms with van der Waals surface area (Å²) < 4.78 is 72.1. The Labute approximate surface area is 313 Å². The number of alkyl halides is 3. The van der Waals surface area contributed by atoms with Crippen LogP contribution in [0.25, 0.3) is 22.0 Å². The first-order valence-electron chi connectivity index (χ1n) is 17.7. The number of ether oxygens (including phenoxy) is 1. The molecule has 0 aliphatic carbocycles. The highest BCUT2D eigenvalue weighted by molar-refractivity contribution is 5.82. The number of benzene rings is 4. The number of amides is 1. The maximum atomic E-state index is 14.6. The molecule has 4 aromatic carbocycles. The monoisotopic (exact) mass is 762 g/mol. The molecule has 0 atom stereocenters. The van der Waals surface area contributed by atoms with Crippen LogP contribution in [0.15, 0.2) is 95.8 Å². The molecule has 9 nitrogen and oxygen atoms in total. The number of nitrogens with zero attached hydrogens (tertiary/aromatic N) is 4. The molecule has 1 aliphatic heterocycles. The van der Waals surface area contributed by atoms with Crippen LogP contribution in [0, 0.1) is 11.6 Å². The van der Waals surface area contributed by atoms with E-state index in [1.807, 2.05) is 17.0 Å². The average Bonchev–Trinajstić information content (AvgIpc) is 3.15. The Kier molecular flexibility index (Phi) is 11.4. The van der Waals surface area contributed by atoms with E-state index in [1.54, 1.807) is 59.7 Å². The molecular weight excluding hydrogens is 723 g/mol. The van der Waals surface area contributed by atoms with E-state index in [-0.39, 0.29) is 55.0 Å². The SMILES string of the molecule is CC(C)(C(=O)O)N1CCC(N(Cc2ccc(-c3ccc(OC(F)(F)F)cc3)cc2)C(=O)Cn2c(CCc3cccc(F)c3F)nc(=O)c3ccccc32)CC1. The lowest BCUT2D eigenvalue weighted by Gasteiger charge is -2.43. The summed E-state index contributed by atoms with van der Waals surface area (Å²) in [6.07, 6.45) is -3.76. The number of aromatic nitrogens is 2. The number of likely N-dealkylation sites (tertiary alicyclic amines) is 1. The van der Waals surface area contributed by atoms with E-state index in [0.29, 0.717) is 42.4 Å². The van der Waals surface area contributed by atoms with E-state index in [1.165, 1.54) is 36.4 Å². The van der Waals surface area contributed by atoms with Gasteiger partial charge in [-0.25, -0.2) is 8.78 Å². The minimum atomic E-state index is -4.80. The lowest BCUT2D eigenvalue weighted by molar-refractivity contribution is -0.274. The molecule has 0 radical (unpaired) electrons. The summed E-state index contributed by atoms with van der Waals surface area (Å²) in [5, 5.41) is 10.1. The number of carbonyl (C=O) groups is 2. The zero-order chi connectivity index (χ0) is 39.5. The molecule has 1 saturated heterocycles. The Balaban J connectivity index is 1.29. The van der Waals surface area contributed by atoms with Crippen LogP contribution in [-0.2, 0) is 35.5 Å². The summed E-state index contributed by atoms with van der Waals surface area (Å²) in [5.41, 5.74) is 1.10. The van der Waals surface area contributed by atoms with Crippen LogP contribution in [-0.4, -0.2) is 67.4 Å². The highest BCUT2D eigenvalue weighted by atomic mass is 19.4. The minimum Gasteiger partial charge on any atom is -0.480 e. The number of aliphatic carboxylic acids is 1. The van der Waals surface area contributed by atoms with Gasteiger partial charge in [-0.15, -0.1) is 13.2 Å². The maximum absolute atomic E-state index is 14.6. The van der Waals surface area contributed by atoms with Crippen molar-refractivity contribution >= 4 is 22.8 Å². The van der Waals surface area contributed by atoms with E-state index in [4.69, 9.17) is 0 Å². The zero-order valence-electron chi connectivity index (χ0n) is 30.2. The Bertz CT molecular complexity index is 2230. The zero-order valence-corrected chi connectivity index (χ0v) is 30.2. The third-order valence-corrected chi connectivity index (χ3v) is 10.2. The van der Waals surface area contributed by atoms with Crippen molar-refractivity contribution < 1.29 is 41.4 Å². The van der Waals surface area contributed by atoms with Gasteiger partial charge < -0.3 is 19.3 Å². The number of aryl methyl sites for hydroxylation is 2. The standard InChI is InChI=1S/C41H39F5N4O5/c1-40(2,39(53)54)48-22-20-30(21-23-48)49(24-26-10-12-27(13-11-26)28-14-17-31(18-15-28)55-41(44,45)46)36(51)25-50-34-9-4-3-7-32(34)38(52)47-35(50)19-16-29-6-5-8-33(42)37(29)43/h3-15,17-18,30H,16,19-25H2,1-2H3,(H,53,54). The second kappa shape index (κ2) is 16.0. The molecule has 0 saturated carbocycles. The van der Waals surface area contributed by atoms with E-state index in [0.717, 1.165) is 17.2 Å². The largest absolute Gasteiger partial charge is 0.573 e. The average molecular weight is 763 g/mol. The van der Waals surface area contributed by atoms with Crippen molar-refractivity contribution in [2.75, 3.05) is 13.1 Å². The Morgan fingerprint density at radius 3 is 2.15 bits per heavy atom. The van der Waals surface area contributed by atoms with Crippen molar-refractivity contribution in [3.8, 4) is 16.9 Å². The molecule has 5 aromatic rings. The molecule has 1 aromatic heterocycles. The molecule has 0 unspecified atom stereocenters. The van der Waals surface area contributed by atoms with Crippen LogP contribution in [0.1, 0.15) is 43.6 Å². The fourth-order valence-corrected chi connectivity index (χ4v) is 6.99. The van der Waals surface area contributed by atoms with Crippen molar-refractivity contribution in [3.63, 3.8) is 0 Å². The van der Waals surface area contributed by atoms with Crippen LogP contribution in [0.4, 0.5) is 22.0 Å². The molecule has 1 fully saturated rings. The molecule has 0 spiro atoms. The fraction of sp³-hybridized carbons (Fsp3) is 0.317. The number of hydrogen-bond acceptors (Lipinski definition) is 6. The van der Waals surface area contributed by atoms with Gasteiger partial charge in [0.25, 0.3) is 5.56 Å². The van der Waals surface area contributed by atoms with Crippen molar-refractivity contribution in [2.24, 2.45) is 0 Å². The lowest BCUT2D eigenvalue weighted by Crippen LogP contribution is -2.56. The van der Waals surface area contributed by atoms with Crippen LogP contribution in [0.5, 0.6) is 5.75 Å². The number of fused-ring (bicyclic) bond motifs is 1. The topological polar surface area (TPSA) is 105 Å². The smallest absolute Gasteiger partial charge is 0.480 e. The molecule has 0 bridgehead atoms. The quantitative estimate of drug-likeness (QED) is 0.132. The van der Waals surface area contributed by atoms with Gasteiger partial charge in [-0.1, -0.05) is 60.7 Å². The number of piperidine rings is 1. The van der Waals surface area contributed by atoms with E-state index in [2.05, 4.69) is 9.72 Å². The fourth-order valence-electron chi connectivity index (χ4n) is 6.99. The van der Waals surface area contributed by atoms with Crippen LogP contribution >= 0.6 is 0 Å². The number of carboxylic acids is 1. The minimum absolute atomic E-state index is 0.0224. The molecule has 55 heavy (non-hydrogen) atoms. The van der Waals surface area contributed by atoms with Crippen LogP contribution in [0.2, 0.25) is 0 Å². The summed E-state index contributed by atoms with van der Waals surface area (Å²) in [6, 6.07) is 23.1.